The van der Waals surface area contributed by atoms with Crippen LogP contribution in [0.1, 0.15) is 36.1 Å². The Balaban J connectivity index is 1.66. The van der Waals surface area contributed by atoms with E-state index in [9.17, 15) is 0 Å². The minimum absolute atomic E-state index is 0.391. The summed E-state index contributed by atoms with van der Waals surface area (Å²) in [5.41, 5.74) is 4.01. The summed E-state index contributed by atoms with van der Waals surface area (Å²) < 4.78 is 6.68. The van der Waals surface area contributed by atoms with E-state index in [1.807, 2.05) is 0 Å². The molecule has 2 aromatic carbocycles. The largest absolute Gasteiger partial charge is 0.493 e. The second-order valence-corrected chi connectivity index (χ2v) is 6.35. The lowest BCUT2D eigenvalue weighted by Crippen LogP contribution is -2.20. The highest BCUT2D eigenvalue weighted by Crippen LogP contribution is 2.26. The summed E-state index contributed by atoms with van der Waals surface area (Å²) in [5, 5.41) is 3.66. The summed E-state index contributed by atoms with van der Waals surface area (Å²) in [6, 6.07) is 15.5. The van der Waals surface area contributed by atoms with Gasteiger partial charge in [0.1, 0.15) is 5.75 Å². The van der Waals surface area contributed by atoms with Crippen molar-refractivity contribution in [2.45, 2.75) is 32.4 Å². The van der Waals surface area contributed by atoms with Crippen LogP contribution in [-0.4, -0.2) is 6.61 Å². The number of halogens is 1. The first-order valence-corrected chi connectivity index (χ1v) is 8.29. The first-order chi connectivity index (χ1) is 10.3. The summed E-state index contributed by atoms with van der Waals surface area (Å²) in [4.78, 5) is 0. The number of hydrogen-bond acceptors (Lipinski definition) is 2. The fourth-order valence-electron chi connectivity index (χ4n) is 2.78. The number of fused-ring (bicyclic) bond motifs is 1. The summed E-state index contributed by atoms with van der Waals surface area (Å²) in [5.74, 6) is 1.05. The van der Waals surface area contributed by atoms with Crippen molar-refractivity contribution in [2.24, 2.45) is 0 Å². The van der Waals surface area contributed by atoms with Gasteiger partial charge < -0.3 is 10.1 Å². The zero-order valence-electron chi connectivity index (χ0n) is 12.2. The van der Waals surface area contributed by atoms with E-state index in [1.54, 1.807) is 0 Å². The Kier molecular flexibility index (Phi) is 4.61. The van der Waals surface area contributed by atoms with Crippen molar-refractivity contribution >= 4 is 15.9 Å². The third-order valence-corrected chi connectivity index (χ3v) is 4.52. The van der Waals surface area contributed by atoms with Crippen molar-refractivity contribution in [3.05, 3.63) is 63.6 Å². The Morgan fingerprint density at radius 2 is 2.00 bits per heavy atom. The van der Waals surface area contributed by atoms with Crippen LogP contribution >= 0.6 is 15.9 Å². The predicted molar refractivity (Wildman–Crippen MR) is 89.7 cm³/mol. The van der Waals surface area contributed by atoms with Crippen LogP contribution in [0.2, 0.25) is 0 Å². The van der Waals surface area contributed by atoms with E-state index in [0.717, 1.165) is 36.2 Å². The maximum Gasteiger partial charge on any atom is 0.122 e. The fourth-order valence-corrected chi connectivity index (χ4v) is 3.05. The molecule has 0 aliphatic carbocycles. The number of ether oxygens (including phenoxy) is 1. The number of hydrogen-bond donors (Lipinski definition) is 1. The molecule has 1 heterocycles. The standard InChI is InChI=1S/C18H20BrNO/c1-2-17(14-4-6-16(19)7-5-14)20-12-13-3-8-18-15(11-13)9-10-21-18/h3-8,11,17,20H,2,9-10,12H2,1H3/t17-/m0/s1. The summed E-state index contributed by atoms with van der Waals surface area (Å²) in [6.45, 7) is 3.93. The van der Waals surface area contributed by atoms with Gasteiger partial charge >= 0.3 is 0 Å². The number of rotatable bonds is 5. The van der Waals surface area contributed by atoms with E-state index >= 15 is 0 Å². The summed E-state index contributed by atoms with van der Waals surface area (Å²) in [7, 11) is 0. The normalized spacial score (nSPS) is 14.6. The zero-order chi connectivity index (χ0) is 14.7. The molecule has 0 amide bonds. The summed E-state index contributed by atoms with van der Waals surface area (Å²) >= 11 is 3.49. The fraction of sp³-hybridized carbons (Fsp3) is 0.333. The molecule has 0 bridgehead atoms. The van der Waals surface area contributed by atoms with Crippen LogP contribution < -0.4 is 10.1 Å². The van der Waals surface area contributed by atoms with Crippen molar-refractivity contribution in [1.82, 2.24) is 5.32 Å². The lowest BCUT2D eigenvalue weighted by atomic mass is 10.0. The van der Waals surface area contributed by atoms with E-state index in [4.69, 9.17) is 4.74 Å². The van der Waals surface area contributed by atoms with Gasteiger partial charge in [-0.25, -0.2) is 0 Å². The molecule has 0 spiro atoms. The quantitative estimate of drug-likeness (QED) is 0.853. The smallest absolute Gasteiger partial charge is 0.122 e. The molecule has 21 heavy (non-hydrogen) atoms. The van der Waals surface area contributed by atoms with Crippen LogP contribution in [0.5, 0.6) is 5.75 Å². The van der Waals surface area contributed by atoms with Crippen LogP contribution in [0.4, 0.5) is 0 Å². The van der Waals surface area contributed by atoms with Gasteiger partial charge in [0.2, 0.25) is 0 Å². The maximum absolute atomic E-state index is 5.56. The van der Waals surface area contributed by atoms with Gasteiger partial charge in [-0.15, -0.1) is 0 Å². The Morgan fingerprint density at radius 3 is 2.76 bits per heavy atom. The monoisotopic (exact) mass is 345 g/mol. The third kappa shape index (κ3) is 3.47. The minimum atomic E-state index is 0.391. The van der Waals surface area contributed by atoms with Crippen LogP contribution in [-0.2, 0) is 13.0 Å². The van der Waals surface area contributed by atoms with E-state index in [0.29, 0.717) is 6.04 Å². The van der Waals surface area contributed by atoms with Crippen molar-refractivity contribution in [2.75, 3.05) is 6.61 Å². The highest BCUT2D eigenvalue weighted by atomic mass is 79.9. The first-order valence-electron chi connectivity index (χ1n) is 7.49. The van der Waals surface area contributed by atoms with E-state index < -0.39 is 0 Å². The lowest BCUT2D eigenvalue weighted by Gasteiger charge is -2.18. The molecule has 0 unspecified atom stereocenters. The zero-order valence-corrected chi connectivity index (χ0v) is 13.8. The lowest BCUT2D eigenvalue weighted by molar-refractivity contribution is 0.357. The maximum atomic E-state index is 5.56. The van der Waals surface area contributed by atoms with Gasteiger partial charge in [0.05, 0.1) is 6.61 Å². The predicted octanol–water partition coefficient (Wildman–Crippen LogP) is 4.62. The average molecular weight is 346 g/mol. The molecule has 2 aromatic rings. The van der Waals surface area contributed by atoms with Gasteiger partial charge in [-0.3, -0.25) is 0 Å². The minimum Gasteiger partial charge on any atom is -0.493 e. The molecule has 1 N–H and O–H groups in total. The Morgan fingerprint density at radius 1 is 1.19 bits per heavy atom. The van der Waals surface area contributed by atoms with Gasteiger partial charge in [-0.2, -0.15) is 0 Å². The van der Waals surface area contributed by atoms with E-state index in [2.05, 4.69) is 70.6 Å². The van der Waals surface area contributed by atoms with Crippen LogP contribution in [0.15, 0.2) is 46.9 Å². The van der Waals surface area contributed by atoms with Gasteiger partial charge in [-0.05, 0) is 41.3 Å². The molecule has 110 valence electrons. The second kappa shape index (κ2) is 6.63. The average Bonchev–Trinajstić information content (AvgIpc) is 2.97. The molecule has 0 radical (unpaired) electrons. The molecule has 1 aliphatic rings. The van der Waals surface area contributed by atoms with Crippen LogP contribution in [0, 0.1) is 0 Å². The van der Waals surface area contributed by atoms with E-state index in [-0.39, 0.29) is 0 Å². The molecule has 0 saturated heterocycles. The second-order valence-electron chi connectivity index (χ2n) is 5.43. The topological polar surface area (TPSA) is 21.3 Å². The van der Waals surface area contributed by atoms with Gasteiger partial charge in [-0.1, -0.05) is 47.1 Å². The van der Waals surface area contributed by atoms with Crippen LogP contribution in [0.3, 0.4) is 0 Å². The third-order valence-electron chi connectivity index (χ3n) is 3.99. The van der Waals surface area contributed by atoms with Crippen molar-refractivity contribution < 1.29 is 4.74 Å². The van der Waals surface area contributed by atoms with Gasteiger partial charge in [0.15, 0.2) is 0 Å². The van der Waals surface area contributed by atoms with Crippen molar-refractivity contribution in [3.8, 4) is 5.75 Å². The Labute approximate surface area is 134 Å². The number of nitrogens with one attached hydrogen (secondary N) is 1. The molecule has 3 rings (SSSR count). The molecule has 1 aliphatic heterocycles. The van der Waals surface area contributed by atoms with Gasteiger partial charge in [0.25, 0.3) is 0 Å². The SMILES string of the molecule is CC[C@H](NCc1ccc2c(c1)CCO2)c1ccc(Br)cc1. The molecular formula is C18H20BrNO. The molecular weight excluding hydrogens is 326 g/mol. The van der Waals surface area contributed by atoms with Crippen LogP contribution in [0.25, 0.3) is 0 Å². The molecule has 3 heteroatoms. The van der Waals surface area contributed by atoms with Gasteiger partial charge in [0, 0.05) is 23.5 Å². The van der Waals surface area contributed by atoms with Crippen molar-refractivity contribution in [1.29, 1.82) is 0 Å². The summed E-state index contributed by atoms with van der Waals surface area (Å²) in [6.07, 6.45) is 2.11. The molecule has 1 atom stereocenters. The first kappa shape index (κ1) is 14.6. The van der Waals surface area contributed by atoms with Crippen molar-refractivity contribution in [3.63, 3.8) is 0 Å². The Bertz CT molecular complexity index is 609. The highest BCUT2D eigenvalue weighted by Gasteiger charge is 2.13. The van der Waals surface area contributed by atoms with E-state index in [1.165, 1.54) is 16.7 Å². The molecule has 2 nitrogen and oxygen atoms in total. The molecule has 0 saturated carbocycles. The number of benzene rings is 2. The molecule has 0 aromatic heterocycles. The highest BCUT2D eigenvalue weighted by molar-refractivity contribution is 9.10. The Hall–Kier alpha value is -1.32. The molecule has 0 fully saturated rings.